The van der Waals surface area contributed by atoms with E-state index in [0.717, 1.165) is 120 Å². The van der Waals surface area contributed by atoms with Crippen LogP contribution in [0.25, 0.3) is 20.9 Å². The van der Waals surface area contributed by atoms with E-state index in [2.05, 4.69) is 20.1 Å². The van der Waals surface area contributed by atoms with E-state index in [1.165, 1.54) is 158 Å². The molecule has 2 rings (SSSR count). The highest BCUT2D eigenvalue weighted by molar-refractivity contribution is 6.28. The number of azide groups is 2. The Kier molecular flexibility index (Phi) is 45.7. The number of rotatable bonds is 51. The van der Waals surface area contributed by atoms with Crippen LogP contribution in [0.3, 0.4) is 0 Å². The Hall–Kier alpha value is -14.9. The fourth-order valence-corrected chi connectivity index (χ4v) is 11.0. The molecular formula is C77H116N28O25. The summed E-state index contributed by atoms with van der Waals surface area (Å²) in [5, 5.41) is 15.8. The lowest BCUT2D eigenvalue weighted by Crippen LogP contribution is -2.50. The predicted molar refractivity (Wildman–Crippen MR) is 456 cm³/mol. The van der Waals surface area contributed by atoms with Crippen molar-refractivity contribution >= 4 is 148 Å². The van der Waals surface area contributed by atoms with Crippen molar-refractivity contribution in [3.63, 3.8) is 0 Å². The molecule has 1 aromatic carbocycles. The third-order valence-electron chi connectivity index (χ3n) is 19.9. The molecule has 714 valence electrons. The molecule has 0 atom stereocenters. The second-order valence-electron chi connectivity index (χ2n) is 30.9. The molecule has 130 heavy (non-hydrogen) atoms. The molecule has 23 amide bonds. The summed E-state index contributed by atoms with van der Waals surface area (Å²) in [7, 11) is 23.9. The molecule has 0 saturated heterocycles. The molecule has 0 aliphatic carbocycles. The SMILES string of the molecule is CN(CC(=O)O)C(=O)CN(C)C(=O)CN(C)C(=O)CN(C)C(=O)CN(C)C(=O)CN(C)C(=O)CN(C)C(=O)CN(C)C(=O)CN(C)C(=O)CN(C)C(=O)CN(C)C(=O)CN(C)C(=O)CN(C)C(=O)CN(C)C(=O)CN(C)C(=O)CN(C)C(=O)CN(C)C(=O)CN(C)C(=O)CN(CCN=[N+]=[N-])C(=O)CN(C)C(=O)CN(CCN=[N+]=[N-])C(=O)Cc1ccc(N2C(=O)C=CC2=O)cc1. The molecular weight excluding hydrogens is 1720 g/mol. The zero-order valence-electron chi connectivity index (χ0n) is 76.6. The minimum absolute atomic E-state index is 0.203. The van der Waals surface area contributed by atoms with Gasteiger partial charge in [0.1, 0.15) is 6.54 Å². The standard InChI is InChI=1S/C77H116N28O25/c1-84(31-57(109)85(2)33-59(111)87(4)35-61(113)89(6)37-63(115)91(8)39-65(117)93(10)41-67(119)95(12)43-69(121)97(14)45-71(123)99(16)47-73(125)102(19)51-77(129)130)58(110)32-86(3)60(112)34-88(5)62(114)36-90(7)64(116)38-92(9)66(118)40-94(11)68(120)42-96(13)70(122)44-98(15)72(124)46-100(17)75(127)50-104(29-27-81-83-79)76(128)48-101(18)74(126)49-103(28-26-80-82-78)56(108)30-52-20-22-53(23-21-52)105-54(106)24-25-55(105)107/h20-25H,26-51H2,1-19H3,(H,129,130). The molecule has 0 unspecified atom stereocenters. The van der Waals surface area contributed by atoms with E-state index in [0.29, 0.717) is 5.56 Å². The average Bonchev–Trinajstić information content (AvgIpc) is 1.66. The summed E-state index contributed by atoms with van der Waals surface area (Å²) in [5.74, 6) is -17.5. The lowest BCUT2D eigenvalue weighted by atomic mass is 10.1. The highest BCUT2D eigenvalue weighted by Gasteiger charge is 2.33. The molecule has 1 aliphatic heterocycles. The van der Waals surface area contributed by atoms with Crippen LogP contribution in [0.4, 0.5) is 5.69 Å². The minimum atomic E-state index is -1.25. The number of hydrogen-bond acceptors (Lipinski definition) is 26. The van der Waals surface area contributed by atoms with E-state index < -0.39 is 279 Å². The van der Waals surface area contributed by atoms with E-state index in [4.69, 9.17) is 16.2 Å². The van der Waals surface area contributed by atoms with E-state index in [1.807, 2.05) is 0 Å². The Morgan fingerprint density at radius 2 is 0.415 bits per heavy atom. The first-order chi connectivity index (χ1) is 60.5. The second-order valence-corrected chi connectivity index (χ2v) is 30.9. The van der Waals surface area contributed by atoms with Crippen LogP contribution >= 0.6 is 0 Å². The van der Waals surface area contributed by atoms with Crippen molar-refractivity contribution in [1.29, 1.82) is 0 Å². The van der Waals surface area contributed by atoms with Gasteiger partial charge in [-0.1, -0.05) is 22.4 Å². The molecule has 0 bridgehead atoms. The average molecular weight is 1830 g/mol. The Balaban J connectivity index is 1.82. The number of carboxylic acids is 1. The molecule has 0 aromatic heterocycles. The van der Waals surface area contributed by atoms with Crippen LogP contribution in [0.2, 0.25) is 0 Å². The van der Waals surface area contributed by atoms with Crippen LogP contribution < -0.4 is 4.90 Å². The quantitative estimate of drug-likeness (QED) is 0.0274. The van der Waals surface area contributed by atoms with Gasteiger partial charge in [0.15, 0.2) is 0 Å². The fourth-order valence-electron chi connectivity index (χ4n) is 11.0. The highest BCUT2D eigenvalue weighted by atomic mass is 16.4. The molecule has 53 heteroatoms. The second kappa shape index (κ2) is 53.5. The first kappa shape index (κ1) is 111. The molecule has 1 aromatic rings. The Bertz CT molecular complexity index is 4540. The molecule has 1 N–H and O–H groups in total. The van der Waals surface area contributed by atoms with Gasteiger partial charge in [-0.15, -0.1) is 0 Å². The van der Waals surface area contributed by atoms with Crippen molar-refractivity contribution in [2.24, 2.45) is 10.2 Å². The van der Waals surface area contributed by atoms with Crippen molar-refractivity contribution in [2.75, 3.05) is 302 Å². The van der Waals surface area contributed by atoms with Gasteiger partial charge < -0.3 is 108 Å². The van der Waals surface area contributed by atoms with Gasteiger partial charge in [0, 0.05) is 182 Å². The molecule has 0 fully saturated rings. The van der Waals surface area contributed by atoms with Crippen molar-refractivity contribution in [1.82, 2.24) is 103 Å². The third kappa shape index (κ3) is 37.7. The summed E-state index contributed by atoms with van der Waals surface area (Å²) in [6.07, 6.45) is 1.96. The number of anilines is 1. The zero-order chi connectivity index (χ0) is 99.2. The number of amides is 23. The number of carboxylic acid groups (broad SMARTS) is 1. The number of likely N-dealkylation sites (N-methyl/N-ethyl adjacent to an activating group) is 19. The van der Waals surface area contributed by atoms with Crippen LogP contribution in [0.5, 0.6) is 0 Å². The summed E-state index contributed by atoms with van der Waals surface area (Å²) in [6.45, 7) is -13.0. The topological polar surface area (TPSA) is 599 Å². The number of hydrogen-bond donors (Lipinski definition) is 1. The van der Waals surface area contributed by atoms with Gasteiger partial charge in [-0.05, 0) is 28.8 Å². The molecule has 0 saturated carbocycles. The lowest BCUT2D eigenvalue weighted by molar-refractivity contribution is -0.147. The summed E-state index contributed by atoms with van der Waals surface area (Å²) in [4.78, 5) is 339. The summed E-state index contributed by atoms with van der Waals surface area (Å²) in [6, 6.07) is 5.93. The van der Waals surface area contributed by atoms with Crippen LogP contribution in [0.15, 0.2) is 46.6 Å². The number of carbonyl (C=O) groups is 24. The number of carbonyl (C=O) groups excluding carboxylic acids is 23. The predicted octanol–water partition coefficient (Wildman–Crippen LogP) is -9.27. The first-order valence-electron chi connectivity index (χ1n) is 39.6. The summed E-state index contributed by atoms with van der Waals surface area (Å²) >= 11 is 0. The zero-order valence-corrected chi connectivity index (χ0v) is 76.6. The number of nitrogens with zero attached hydrogens (tertiary/aromatic N) is 28. The van der Waals surface area contributed by atoms with Crippen LogP contribution in [-0.4, -0.2) is 547 Å². The number of imide groups is 1. The van der Waals surface area contributed by atoms with E-state index in [1.54, 1.807) is 0 Å². The Morgan fingerprint density at radius 3 is 0.592 bits per heavy atom. The maximum absolute atomic E-state index is 13.7. The fraction of sp³-hybridized carbons (Fsp3) is 0.584. The minimum Gasteiger partial charge on any atom is -0.480 e. The van der Waals surface area contributed by atoms with Crippen LogP contribution in [0.1, 0.15) is 5.56 Å². The van der Waals surface area contributed by atoms with Crippen molar-refractivity contribution in [2.45, 2.75) is 6.42 Å². The van der Waals surface area contributed by atoms with Crippen molar-refractivity contribution < 1.29 is 120 Å². The van der Waals surface area contributed by atoms with Crippen LogP contribution in [0, 0.1) is 0 Å². The van der Waals surface area contributed by atoms with E-state index in [9.17, 15) is 115 Å². The summed E-state index contributed by atoms with van der Waals surface area (Å²) in [5.41, 5.74) is 18.5. The number of aliphatic carboxylic acids is 1. The third-order valence-corrected chi connectivity index (χ3v) is 19.9. The Morgan fingerprint density at radius 1 is 0.254 bits per heavy atom. The first-order valence-corrected chi connectivity index (χ1v) is 39.6. The van der Waals surface area contributed by atoms with Gasteiger partial charge in [-0.2, -0.15) is 0 Å². The van der Waals surface area contributed by atoms with Gasteiger partial charge in [0.05, 0.1) is 143 Å². The monoisotopic (exact) mass is 1830 g/mol. The Labute approximate surface area is 749 Å². The molecule has 0 spiro atoms. The normalized spacial score (nSPS) is 11.0. The smallest absolute Gasteiger partial charge is 0.323 e. The number of benzene rings is 1. The molecule has 53 nitrogen and oxygen atoms in total. The van der Waals surface area contributed by atoms with E-state index in [-0.39, 0.29) is 38.3 Å². The molecule has 0 radical (unpaired) electrons. The van der Waals surface area contributed by atoms with E-state index >= 15 is 0 Å². The van der Waals surface area contributed by atoms with Gasteiger partial charge in [0.2, 0.25) is 124 Å². The largest absolute Gasteiger partial charge is 0.480 e. The lowest BCUT2D eigenvalue weighted by Gasteiger charge is -2.29. The van der Waals surface area contributed by atoms with Crippen molar-refractivity contribution in [3.05, 3.63) is 62.9 Å². The van der Waals surface area contributed by atoms with Gasteiger partial charge in [0.25, 0.3) is 11.8 Å². The maximum Gasteiger partial charge on any atom is 0.323 e. The molecule has 1 aliphatic rings. The highest BCUT2D eigenvalue weighted by Crippen LogP contribution is 2.21. The molecule has 1 heterocycles. The van der Waals surface area contributed by atoms with Gasteiger partial charge in [-0.3, -0.25) is 115 Å². The summed E-state index contributed by atoms with van der Waals surface area (Å²) < 4.78 is 0. The van der Waals surface area contributed by atoms with Gasteiger partial charge >= 0.3 is 5.97 Å². The van der Waals surface area contributed by atoms with Crippen LogP contribution in [-0.2, 0) is 121 Å². The van der Waals surface area contributed by atoms with Crippen molar-refractivity contribution in [3.8, 4) is 0 Å². The maximum atomic E-state index is 13.7. The van der Waals surface area contributed by atoms with Gasteiger partial charge in [-0.25, -0.2) is 4.90 Å².